The third kappa shape index (κ3) is 5.58. The lowest BCUT2D eigenvalue weighted by molar-refractivity contribution is -0.253. The zero-order chi connectivity index (χ0) is 25.3. The van der Waals surface area contributed by atoms with E-state index in [1.54, 1.807) is 0 Å². The minimum atomic E-state index is -5.26. The van der Waals surface area contributed by atoms with Gasteiger partial charge in [0.2, 0.25) is 5.72 Å². The summed E-state index contributed by atoms with van der Waals surface area (Å²) in [6, 6.07) is 10.9. The van der Waals surface area contributed by atoms with E-state index in [1.807, 2.05) is 0 Å². The van der Waals surface area contributed by atoms with Crippen molar-refractivity contribution in [1.29, 1.82) is 0 Å². The Bertz CT molecular complexity index is 1140. The van der Waals surface area contributed by atoms with Gasteiger partial charge in [0.1, 0.15) is 23.1 Å². The largest absolute Gasteiger partial charge is 0.457 e. The predicted molar refractivity (Wildman–Crippen MR) is 107 cm³/mol. The van der Waals surface area contributed by atoms with Crippen LogP contribution in [0.25, 0.3) is 0 Å². The van der Waals surface area contributed by atoms with Gasteiger partial charge in [-0.3, -0.25) is 0 Å². The number of hydrogen-bond acceptors (Lipinski definition) is 3. The number of anilines is 1. The molecule has 0 saturated heterocycles. The molecule has 0 aliphatic rings. The lowest BCUT2D eigenvalue weighted by Crippen LogP contribution is -2.57. The van der Waals surface area contributed by atoms with Crippen LogP contribution in [0.1, 0.15) is 18.1 Å². The van der Waals surface area contributed by atoms with Crippen molar-refractivity contribution in [2.75, 3.05) is 4.90 Å². The Morgan fingerprint density at radius 3 is 2.06 bits per heavy atom. The first kappa shape index (κ1) is 25.3. The summed E-state index contributed by atoms with van der Waals surface area (Å²) in [6.07, 6.45) is -10.1. The standard InChI is InChI=1S/C23H17F8NO2/c1-21(33,23(29,30)31)32(13-14-11-15(22(26,27)28)5-10-20(14)25)17-3-2-4-19(12-17)34-18-8-6-16(24)7-9-18/h2-12,33H,13H2,1H3. The highest BCUT2D eigenvalue weighted by atomic mass is 19.4. The minimum absolute atomic E-state index is 0.0170. The van der Waals surface area contributed by atoms with Crippen LogP contribution in [-0.2, 0) is 12.7 Å². The third-order valence-corrected chi connectivity index (χ3v) is 4.94. The zero-order valence-electron chi connectivity index (χ0n) is 17.4. The number of aliphatic hydroxyl groups is 1. The Hall–Kier alpha value is -3.34. The highest BCUT2D eigenvalue weighted by molar-refractivity contribution is 5.54. The van der Waals surface area contributed by atoms with Crippen LogP contribution in [0.3, 0.4) is 0 Å². The molecule has 3 aromatic rings. The van der Waals surface area contributed by atoms with E-state index >= 15 is 0 Å². The van der Waals surface area contributed by atoms with Gasteiger partial charge in [-0.2, -0.15) is 26.3 Å². The van der Waals surface area contributed by atoms with Crippen LogP contribution in [0.5, 0.6) is 11.5 Å². The van der Waals surface area contributed by atoms with Crippen LogP contribution in [0, 0.1) is 11.6 Å². The van der Waals surface area contributed by atoms with Crippen molar-refractivity contribution < 1.29 is 45.0 Å². The molecule has 0 bridgehead atoms. The van der Waals surface area contributed by atoms with Crippen molar-refractivity contribution in [2.45, 2.75) is 31.5 Å². The van der Waals surface area contributed by atoms with Gasteiger partial charge in [0, 0.05) is 23.9 Å². The fraction of sp³-hybridized carbons (Fsp3) is 0.217. The first-order valence-corrected chi connectivity index (χ1v) is 9.64. The van der Waals surface area contributed by atoms with Gasteiger partial charge < -0.3 is 14.7 Å². The maximum Gasteiger partial charge on any atom is 0.436 e. The minimum Gasteiger partial charge on any atom is -0.457 e. The molecule has 0 aliphatic heterocycles. The number of ether oxygens (including phenoxy) is 1. The van der Waals surface area contributed by atoms with Crippen molar-refractivity contribution in [3.8, 4) is 11.5 Å². The van der Waals surface area contributed by atoms with Crippen molar-refractivity contribution in [2.24, 2.45) is 0 Å². The van der Waals surface area contributed by atoms with E-state index in [0.29, 0.717) is 30.0 Å². The molecule has 0 saturated carbocycles. The summed E-state index contributed by atoms with van der Waals surface area (Å²) in [5.41, 5.74) is -5.89. The van der Waals surface area contributed by atoms with Gasteiger partial charge in [0.05, 0.1) is 5.56 Å². The van der Waals surface area contributed by atoms with Gasteiger partial charge >= 0.3 is 12.4 Å². The van der Waals surface area contributed by atoms with Crippen molar-refractivity contribution in [3.05, 3.63) is 89.5 Å². The average Bonchev–Trinajstić information content (AvgIpc) is 2.73. The molecular formula is C23H17F8NO2. The molecule has 182 valence electrons. The molecule has 0 amide bonds. The van der Waals surface area contributed by atoms with Gasteiger partial charge in [0.15, 0.2) is 0 Å². The molecular weight excluding hydrogens is 474 g/mol. The summed E-state index contributed by atoms with van der Waals surface area (Å²) in [4.78, 5) is 0.309. The summed E-state index contributed by atoms with van der Waals surface area (Å²) in [7, 11) is 0. The smallest absolute Gasteiger partial charge is 0.436 e. The van der Waals surface area contributed by atoms with Crippen molar-refractivity contribution in [1.82, 2.24) is 0 Å². The number of benzene rings is 3. The van der Waals surface area contributed by atoms with E-state index in [4.69, 9.17) is 4.74 Å². The van der Waals surface area contributed by atoms with E-state index in [-0.39, 0.29) is 17.2 Å². The summed E-state index contributed by atoms with van der Waals surface area (Å²) < 4.78 is 113. The first-order valence-electron chi connectivity index (χ1n) is 9.64. The molecule has 0 spiro atoms. The molecule has 0 fully saturated rings. The lowest BCUT2D eigenvalue weighted by atomic mass is 10.1. The highest BCUT2D eigenvalue weighted by Crippen LogP contribution is 2.39. The van der Waals surface area contributed by atoms with Crippen LogP contribution in [0.2, 0.25) is 0 Å². The Morgan fingerprint density at radius 1 is 0.824 bits per heavy atom. The van der Waals surface area contributed by atoms with Gasteiger partial charge in [-0.1, -0.05) is 6.07 Å². The first-order chi connectivity index (χ1) is 15.7. The van der Waals surface area contributed by atoms with Gasteiger partial charge in [-0.15, -0.1) is 0 Å². The molecule has 0 aliphatic carbocycles. The van der Waals surface area contributed by atoms with Gasteiger partial charge in [-0.25, -0.2) is 8.78 Å². The number of halogens is 8. The molecule has 0 heterocycles. The molecule has 11 heteroatoms. The molecule has 1 atom stereocenters. The van der Waals surface area contributed by atoms with E-state index < -0.39 is 47.4 Å². The molecule has 3 nitrogen and oxygen atoms in total. The van der Waals surface area contributed by atoms with Crippen LogP contribution in [-0.4, -0.2) is 17.0 Å². The van der Waals surface area contributed by atoms with Gasteiger partial charge in [0.25, 0.3) is 0 Å². The third-order valence-electron chi connectivity index (χ3n) is 4.94. The summed E-state index contributed by atoms with van der Waals surface area (Å²) in [5.74, 6) is -1.60. The summed E-state index contributed by atoms with van der Waals surface area (Å²) in [6.45, 7) is -0.658. The van der Waals surface area contributed by atoms with Crippen LogP contribution in [0.4, 0.5) is 40.8 Å². The van der Waals surface area contributed by atoms with Crippen molar-refractivity contribution >= 4 is 5.69 Å². The Kier molecular flexibility index (Phi) is 6.79. The number of rotatable bonds is 6. The van der Waals surface area contributed by atoms with E-state index in [1.165, 1.54) is 24.3 Å². The maximum absolute atomic E-state index is 14.3. The van der Waals surface area contributed by atoms with Crippen LogP contribution >= 0.6 is 0 Å². The Balaban J connectivity index is 2.04. The number of hydrogen-bond donors (Lipinski definition) is 1. The Labute approximate surface area is 188 Å². The normalized spacial score (nSPS) is 13.9. The second-order valence-electron chi connectivity index (χ2n) is 7.46. The SMILES string of the molecule is CC(O)(N(Cc1cc(C(F)(F)F)ccc1F)c1cccc(Oc2ccc(F)cc2)c1)C(F)(F)F. The second-order valence-corrected chi connectivity index (χ2v) is 7.46. The quantitative estimate of drug-likeness (QED) is 0.296. The van der Waals surface area contributed by atoms with Gasteiger partial charge in [-0.05, 0) is 61.5 Å². The zero-order valence-corrected chi connectivity index (χ0v) is 17.4. The topological polar surface area (TPSA) is 32.7 Å². The molecule has 34 heavy (non-hydrogen) atoms. The van der Waals surface area contributed by atoms with Crippen LogP contribution in [0.15, 0.2) is 66.7 Å². The molecule has 3 aromatic carbocycles. The van der Waals surface area contributed by atoms with E-state index in [2.05, 4.69) is 0 Å². The maximum atomic E-state index is 14.3. The summed E-state index contributed by atoms with van der Waals surface area (Å²) >= 11 is 0. The van der Waals surface area contributed by atoms with E-state index in [0.717, 1.165) is 24.3 Å². The van der Waals surface area contributed by atoms with E-state index in [9.17, 15) is 40.2 Å². The monoisotopic (exact) mass is 491 g/mol. The fourth-order valence-corrected chi connectivity index (χ4v) is 3.05. The molecule has 1 N–H and O–H groups in total. The second kappa shape index (κ2) is 9.13. The fourth-order valence-electron chi connectivity index (χ4n) is 3.05. The number of alkyl halides is 6. The summed E-state index contributed by atoms with van der Waals surface area (Å²) in [5, 5.41) is 10.3. The van der Waals surface area contributed by atoms with Crippen LogP contribution < -0.4 is 9.64 Å². The number of nitrogens with zero attached hydrogens (tertiary/aromatic N) is 1. The molecule has 0 aromatic heterocycles. The Morgan fingerprint density at radius 2 is 1.47 bits per heavy atom. The molecule has 1 unspecified atom stereocenters. The highest BCUT2D eigenvalue weighted by Gasteiger charge is 2.54. The predicted octanol–water partition coefficient (Wildman–Crippen LogP) is 7.05. The average molecular weight is 491 g/mol. The molecule has 3 rings (SSSR count). The lowest BCUT2D eigenvalue weighted by Gasteiger charge is -2.40. The van der Waals surface area contributed by atoms with Crippen molar-refractivity contribution in [3.63, 3.8) is 0 Å². The molecule has 0 radical (unpaired) electrons.